The number of hydrogen-bond donors (Lipinski definition) is 2. The number of β-amino-alcohol motifs (C(OH)–C–C–N with tert-alkyl or cyclic N) is 1. The average Bonchev–Trinajstić information content (AvgIpc) is 2.12. The van der Waals surface area contributed by atoms with Gasteiger partial charge in [0.25, 0.3) is 0 Å². The first-order valence-corrected chi connectivity index (χ1v) is 5.22. The SMILES string of the molecule is Cl.OC1CNCCC12CCCCC2. The third-order valence-electron chi connectivity index (χ3n) is 3.69. The van der Waals surface area contributed by atoms with E-state index in [1.165, 1.54) is 38.5 Å². The molecule has 2 fully saturated rings. The molecule has 2 aliphatic rings. The molecular formula is C10H20ClNO. The van der Waals surface area contributed by atoms with E-state index >= 15 is 0 Å². The van der Waals surface area contributed by atoms with E-state index in [0.717, 1.165) is 13.1 Å². The highest BCUT2D eigenvalue weighted by atomic mass is 35.5. The summed E-state index contributed by atoms with van der Waals surface area (Å²) in [6.07, 6.45) is 7.67. The minimum atomic E-state index is -0.0773. The van der Waals surface area contributed by atoms with Crippen LogP contribution in [-0.2, 0) is 0 Å². The fraction of sp³-hybridized carbons (Fsp3) is 1.00. The predicted octanol–water partition coefficient (Wildman–Crippen LogP) is 1.71. The lowest BCUT2D eigenvalue weighted by molar-refractivity contribution is -0.0263. The Kier molecular flexibility index (Phi) is 4.02. The number of aliphatic hydroxyl groups is 1. The van der Waals surface area contributed by atoms with Crippen molar-refractivity contribution in [3.05, 3.63) is 0 Å². The molecule has 1 heterocycles. The Balaban J connectivity index is 0.000000845. The Morgan fingerprint density at radius 1 is 1.08 bits per heavy atom. The van der Waals surface area contributed by atoms with Gasteiger partial charge >= 0.3 is 0 Å². The standard InChI is InChI=1S/C10H19NO.ClH/c12-9-8-11-7-6-10(9)4-2-1-3-5-10;/h9,11-12H,1-8H2;1H. The zero-order valence-electron chi connectivity index (χ0n) is 8.09. The first-order valence-electron chi connectivity index (χ1n) is 5.22. The molecule has 2 nitrogen and oxygen atoms in total. The van der Waals surface area contributed by atoms with Gasteiger partial charge in [-0.25, -0.2) is 0 Å². The summed E-state index contributed by atoms with van der Waals surface area (Å²) in [5.41, 5.74) is 0.309. The van der Waals surface area contributed by atoms with Crippen LogP contribution in [0.1, 0.15) is 38.5 Å². The molecule has 1 saturated heterocycles. The van der Waals surface area contributed by atoms with Gasteiger partial charge in [-0.3, -0.25) is 0 Å². The molecule has 2 N–H and O–H groups in total. The molecular weight excluding hydrogens is 186 g/mol. The fourth-order valence-electron chi connectivity index (χ4n) is 2.80. The maximum absolute atomic E-state index is 9.92. The third kappa shape index (κ3) is 2.17. The summed E-state index contributed by atoms with van der Waals surface area (Å²) >= 11 is 0. The summed E-state index contributed by atoms with van der Waals surface area (Å²) < 4.78 is 0. The molecule has 13 heavy (non-hydrogen) atoms. The number of hydrogen-bond acceptors (Lipinski definition) is 2. The van der Waals surface area contributed by atoms with Gasteiger partial charge in [-0.1, -0.05) is 19.3 Å². The highest BCUT2D eigenvalue weighted by Crippen LogP contribution is 2.43. The lowest BCUT2D eigenvalue weighted by Crippen LogP contribution is -2.49. The summed E-state index contributed by atoms with van der Waals surface area (Å²) in [6.45, 7) is 1.93. The van der Waals surface area contributed by atoms with E-state index in [2.05, 4.69) is 5.32 Å². The number of nitrogens with one attached hydrogen (secondary N) is 1. The molecule has 0 amide bonds. The van der Waals surface area contributed by atoms with Crippen molar-refractivity contribution in [3.8, 4) is 0 Å². The molecule has 1 unspecified atom stereocenters. The van der Waals surface area contributed by atoms with Gasteiger partial charge in [-0.15, -0.1) is 12.4 Å². The summed E-state index contributed by atoms with van der Waals surface area (Å²) in [5.74, 6) is 0. The van der Waals surface area contributed by atoms with Crippen molar-refractivity contribution in [1.82, 2.24) is 5.32 Å². The number of halogens is 1. The van der Waals surface area contributed by atoms with Crippen LogP contribution in [0.2, 0.25) is 0 Å². The highest BCUT2D eigenvalue weighted by Gasteiger charge is 2.40. The van der Waals surface area contributed by atoms with Crippen molar-refractivity contribution < 1.29 is 5.11 Å². The monoisotopic (exact) mass is 205 g/mol. The highest BCUT2D eigenvalue weighted by molar-refractivity contribution is 5.85. The molecule has 3 heteroatoms. The van der Waals surface area contributed by atoms with E-state index in [4.69, 9.17) is 0 Å². The first kappa shape index (κ1) is 11.3. The van der Waals surface area contributed by atoms with E-state index in [-0.39, 0.29) is 18.5 Å². The fourth-order valence-corrected chi connectivity index (χ4v) is 2.80. The van der Waals surface area contributed by atoms with Gasteiger partial charge in [0.1, 0.15) is 0 Å². The smallest absolute Gasteiger partial charge is 0.0721 e. The second-order valence-corrected chi connectivity index (χ2v) is 4.39. The molecule has 0 aromatic heterocycles. The maximum atomic E-state index is 9.92. The van der Waals surface area contributed by atoms with Crippen LogP contribution in [0.25, 0.3) is 0 Å². The topological polar surface area (TPSA) is 32.3 Å². The Hall–Kier alpha value is 0.210. The van der Waals surface area contributed by atoms with Crippen LogP contribution >= 0.6 is 12.4 Å². The molecule has 2 rings (SSSR count). The van der Waals surface area contributed by atoms with Crippen LogP contribution in [0, 0.1) is 5.41 Å². The Morgan fingerprint density at radius 3 is 2.38 bits per heavy atom. The van der Waals surface area contributed by atoms with Crippen molar-refractivity contribution in [2.24, 2.45) is 5.41 Å². The minimum absolute atomic E-state index is 0. The normalized spacial score (nSPS) is 32.5. The lowest BCUT2D eigenvalue weighted by atomic mass is 9.67. The van der Waals surface area contributed by atoms with Gasteiger partial charge in [-0.05, 0) is 31.2 Å². The third-order valence-corrected chi connectivity index (χ3v) is 3.69. The van der Waals surface area contributed by atoms with Crippen molar-refractivity contribution in [3.63, 3.8) is 0 Å². The minimum Gasteiger partial charge on any atom is -0.391 e. The molecule has 1 spiro atoms. The number of aliphatic hydroxyl groups excluding tert-OH is 1. The number of piperidine rings is 1. The van der Waals surface area contributed by atoms with Gasteiger partial charge in [0, 0.05) is 6.54 Å². The summed E-state index contributed by atoms with van der Waals surface area (Å²) in [5, 5.41) is 13.2. The molecule has 0 aromatic rings. The molecule has 1 aliphatic heterocycles. The van der Waals surface area contributed by atoms with Crippen LogP contribution in [0.5, 0.6) is 0 Å². The molecule has 0 radical (unpaired) electrons. The molecule has 1 atom stereocenters. The van der Waals surface area contributed by atoms with E-state index in [9.17, 15) is 5.11 Å². The lowest BCUT2D eigenvalue weighted by Gasteiger charge is -2.44. The van der Waals surface area contributed by atoms with Gasteiger partial charge in [0.2, 0.25) is 0 Å². The van der Waals surface area contributed by atoms with Crippen molar-refractivity contribution >= 4 is 12.4 Å². The van der Waals surface area contributed by atoms with Gasteiger partial charge < -0.3 is 10.4 Å². The second kappa shape index (κ2) is 4.63. The van der Waals surface area contributed by atoms with Crippen molar-refractivity contribution in [2.45, 2.75) is 44.6 Å². The van der Waals surface area contributed by atoms with Crippen molar-refractivity contribution in [2.75, 3.05) is 13.1 Å². The second-order valence-electron chi connectivity index (χ2n) is 4.39. The van der Waals surface area contributed by atoms with Gasteiger partial charge in [0.05, 0.1) is 6.10 Å². The molecule has 1 aliphatic carbocycles. The molecule has 0 bridgehead atoms. The van der Waals surface area contributed by atoms with Crippen LogP contribution < -0.4 is 5.32 Å². The van der Waals surface area contributed by atoms with Crippen molar-refractivity contribution in [1.29, 1.82) is 0 Å². The van der Waals surface area contributed by atoms with Crippen LogP contribution in [0.4, 0.5) is 0 Å². The number of rotatable bonds is 0. The van der Waals surface area contributed by atoms with E-state index < -0.39 is 0 Å². The molecule has 0 aromatic carbocycles. The Bertz CT molecular complexity index is 149. The van der Waals surface area contributed by atoms with Crippen LogP contribution in [0.15, 0.2) is 0 Å². The van der Waals surface area contributed by atoms with E-state index in [1.54, 1.807) is 0 Å². The zero-order chi connectivity index (χ0) is 8.44. The summed E-state index contributed by atoms with van der Waals surface area (Å²) in [4.78, 5) is 0. The van der Waals surface area contributed by atoms with E-state index in [0.29, 0.717) is 5.41 Å². The van der Waals surface area contributed by atoms with Gasteiger partial charge in [-0.2, -0.15) is 0 Å². The Labute approximate surface area is 86.5 Å². The summed E-state index contributed by atoms with van der Waals surface area (Å²) in [6, 6.07) is 0. The first-order chi connectivity index (χ1) is 5.83. The molecule has 78 valence electrons. The quantitative estimate of drug-likeness (QED) is 0.631. The molecule has 1 saturated carbocycles. The van der Waals surface area contributed by atoms with Crippen LogP contribution in [0.3, 0.4) is 0 Å². The van der Waals surface area contributed by atoms with Gasteiger partial charge in [0.15, 0.2) is 0 Å². The Morgan fingerprint density at radius 2 is 1.77 bits per heavy atom. The predicted molar refractivity (Wildman–Crippen MR) is 56.3 cm³/mol. The largest absolute Gasteiger partial charge is 0.391 e. The average molecular weight is 206 g/mol. The van der Waals surface area contributed by atoms with E-state index in [1.807, 2.05) is 0 Å². The maximum Gasteiger partial charge on any atom is 0.0721 e. The zero-order valence-corrected chi connectivity index (χ0v) is 8.91. The van der Waals surface area contributed by atoms with Crippen LogP contribution in [-0.4, -0.2) is 24.3 Å². The summed E-state index contributed by atoms with van der Waals surface area (Å²) in [7, 11) is 0.